The van der Waals surface area contributed by atoms with Crippen LogP contribution in [-0.4, -0.2) is 36.1 Å². The molecule has 30 heavy (non-hydrogen) atoms. The Labute approximate surface area is 175 Å². The van der Waals surface area contributed by atoms with Gasteiger partial charge in [-0.05, 0) is 37.5 Å². The zero-order valence-corrected chi connectivity index (χ0v) is 16.9. The highest BCUT2D eigenvalue weighted by Gasteiger charge is 2.26. The predicted octanol–water partition coefficient (Wildman–Crippen LogP) is 2.85. The van der Waals surface area contributed by atoms with Crippen LogP contribution in [0.25, 0.3) is 0 Å². The van der Waals surface area contributed by atoms with Crippen molar-refractivity contribution in [1.29, 1.82) is 0 Å². The Balaban J connectivity index is 1.47. The van der Waals surface area contributed by atoms with E-state index in [1.165, 1.54) is 10.6 Å². The van der Waals surface area contributed by atoms with Gasteiger partial charge in [-0.15, -0.1) is 0 Å². The van der Waals surface area contributed by atoms with E-state index in [1.54, 1.807) is 24.3 Å². The van der Waals surface area contributed by atoms with E-state index in [4.69, 9.17) is 4.74 Å². The summed E-state index contributed by atoms with van der Waals surface area (Å²) in [5.41, 5.74) is 1.92. The molecule has 2 amide bonds. The zero-order chi connectivity index (χ0) is 21.3. The van der Waals surface area contributed by atoms with E-state index in [9.17, 15) is 14.4 Å². The van der Waals surface area contributed by atoms with E-state index in [-0.39, 0.29) is 43.0 Å². The minimum atomic E-state index is -0.685. The molecule has 7 heteroatoms. The molecular formula is C23H25N3O4. The van der Waals surface area contributed by atoms with Gasteiger partial charge in [0.05, 0.1) is 5.69 Å². The average molecular weight is 407 g/mol. The Kier molecular flexibility index (Phi) is 7.32. The van der Waals surface area contributed by atoms with Crippen LogP contribution in [0.3, 0.4) is 0 Å². The van der Waals surface area contributed by atoms with Crippen LogP contribution < -0.4 is 10.3 Å². The summed E-state index contributed by atoms with van der Waals surface area (Å²) < 4.78 is 5.11. The molecule has 3 rings (SSSR count). The number of nitrogens with one attached hydrogen (secondary N) is 1. The minimum Gasteiger partial charge on any atom is -0.451 e. The lowest BCUT2D eigenvalue weighted by Gasteiger charge is -2.22. The van der Waals surface area contributed by atoms with Crippen LogP contribution in [0.1, 0.15) is 31.7 Å². The second-order valence-electron chi connectivity index (χ2n) is 7.16. The average Bonchev–Trinajstić information content (AvgIpc) is 2.77. The first kappa shape index (κ1) is 21.2. The van der Waals surface area contributed by atoms with Crippen molar-refractivity contribution >= 4 is 29.2 Å². The molecule has 0 aliphatic carbocycles. The molecule has 2 aromatic rings. The van der Waals surface area contributed by atoms with Gasteiger partial charge in [-0.25, -0.2) is 9.80 Å². The fourth-order valence-corrected chi connectivity index (χ4v) is 3.10. The Bertz CT molecular complexity index is 913. The number of amides is 2. The first-order valence-corrected chi connectivity index (χ1v) is 9.99. The van der Waals surface area contributed by atoms with E-state index in [0.29, 0.717) is 5.69 Å². The SMILES string of the molecule is C[C@H](CCc1ccccc1)NC(=O)COC(=O)C1=NN(c2ccccc2)C(=O)CC1. The Morgan fingerprint density at radius 3 is 2.43 bits per heavy atom. The lowest BCUT2D eigenvalue weighted by molar-refractivity contribution is -0.142. The maximum Gasteiger partial charge on any atom is 0.355 e. The van der Waals surface area contributed by atoms with Crippen molar-refractivity contribution in [2.45, 2.75) is 38.6 Å². The summed E-state index contributed by atoms with van der Waals surface area (Å²) in [7, 11) is 0. The number of esters is 1. The molecule has 1 aliphatic rings. The van der Waals surface area contributed by atoms with Crippen LogP contribution >= 0.6 is 0 Å². The minimum absolute atomic E-state index is 0.0466. The summed E-state index contributed by atoms with van der Waals surface area (Å²) in [4.78, 5) is 36.5. The second-order valence-corrected chi connectivity index (χ2v) is 7.16. The van der Waals surface area contributed by atoms with Crippen molar-refractivity contribution in [2.75, 3.05) is 11.6 Å². The highest BCUT2D eigenvalue weighted by Crippen LogP contribution is 2.20. The van der Waals surface area contributed by atoms with Crippen molar-refractivity contribution in [1.82, 2.24) is 5.32 Å². The fraction of sp³-hybridized carbons (Fsp3) is 0.304. The van der Waals surface area contributed by atoms with Crippen molar-refractivity contribution in [2.24, 2.45) is 5.10 Å². The van der Waals surface area contributed by atoms with Gasteiger partial charge in [0.2, 0.25) is 5.91 Å². The molecule has 156 valence electrons. The lowest BCUT2D eigenvalue weighted by Crippen LogP contribution is -2.38. The van der Waals surface area contributed by atoms with Crippen molar-refractivity contribution in [3.05, 3.63) is 66.2 Å². The number of anilines is 1. The van der Waals surface area contributed by atoms with Gasteiger partial charge in [0.25, 0.3) is 5.91 Å². The molecule has 1 atom stereocenters. The van der Waals surface area contributed by atoms with Gasteiger partial charge in [-0.2, -0.15) is 5.10 Å². The first-order valence-electron chi connectivity index (χ1n) is 9.99. The normalized spacial score (nSPS) is 14.6. The molecule has 1 heterocycles. The number of benzene rings is 2. The van der Waals surface area contributed by atoms with E-state index >= 15 is 0 Å². The fourth-order valence-electron chi connectivity index (χ4n) is 3.10. The molecule has 0 spiro atoms. The largest absolute Gasteiger partial charge is 0.451 e. The van der Waals surface area contributed by atoms with Crippen LogP contribution in [0.4, 0.5) is 5.69 Å². The quantitative estimate of drug-likeness (QED) is 0.682. The number of hydrazone groups is 1. The molecule has 0 bridgehead atoms. The van der Waals surface area contributed by atoms with Crippen LogP contribution in [-0.2, 0) is 25.5 Å². The highest BCUT2D eigenvalue weighted by atomic mass is 16.5. The molecule has 2 aromatic carbocycles. The van der Waals surface area contributed by atoms with E-state index in [0.717, 1.165) is 12.8 Å². The highest BCUT2D eigenvalue weighted by molar-refractivity contribution is 6.38. The van der Waals surface area contributed by atoms with Gasteiger partial charge in [0.15, 0.2) is 6.61 Å². The molecule has 1 aliphatic heterocycles. The van der Waals surface area contributed by atoms with Crippen molar-refractivity contribution in [3.63, 3.8) is 0 Å². The standard InChI is InChI=1S/C23H25N3O4/c1-17(12-13-18-8-4-2-5-9-18)24-21(27)16-30-23(29)20-14-15-22(28)26(25-20)19-10-6-3-7-11-19/h2-11,17H,12-16H2,1H3,(H,24,27)/t17-/m1/s1. The van der Waals surface area contributed by atoms with Crippen molar-refractivity contribution < 1.29 is 19.1 Å². The number of rotatable bonds is 8. The van der Waals surface area contributed by atoms with Gasteiger partial charge < -0.3 is 10.1 Å². The number of para-hydroxylation sites is 1. The van der Waals surface area contributed by atoms with Gasteiger partial charge >= 0.3 is 5.97 Å². The molecular weight excluding hydrogens is 382 g/mol. The summed E-state index contributed by atoms with van der Waals surface area (Å²) in [6.45, 7) is 1.53. The van der Waals surface area contributed by atoms with Crippen molar-refractivity contribution in [3.8, 4) is 0 Å². The Morgan fingerprint density at radius 1 is 1.07 bits per heavy atom. The molecule has 1 N–H and O–H groups in total. The number of carbonyl (C=O) groups excluding carboxylic acids is 3. The summed E-state index contributed by atoms with van der Waals surface area (Å²) >= 11 is 0. The Hall–Kier alpha value is -3.48. The number of carbonyl (C=O) groups is 3. The third-order valence-corrected chi connectivity index (χ3v) is 4.72. The van der Waals surface area contributed by atoms with Gasteiger partial charge in [0, 0.05) is 18.9 Å². The molecule has 0 radical (unpaired) electrons. The smallest absolute Gasteiger partial charge is 0.355 e. The Morgan fingerprint density at radius 2 is 1.73 bits per heavy atom. The summed E-state index contributed by atoms with van der Waals surface area (Å²) in [5, 5.41) is 8.16. The number of nitrogens with zero attached hydrogens (tertiary/aromatic N) is 2. The monoisotopic (exact) mass is 407 g/mol. The number of ether oxygens (including phenoxy) is 1. The van der Waals surface area contributed by atoms with Gasteiger partial charge in [-0.1, -0.05) is 48.5 Å². The molecule has 7 nitrogen and oxygen atoms in total. The first-order chi connectivity index (χ1) is 14.5. The summed E-state index contributed by atoms with van der Waals surface area (Å²) in [6, 6.07) is 18.9. The third-order valence-electron chi connectivity index (χ3n) is 4.72. The maximum absolute atomic E-state index is 12.3. The lowest BCUT2D eigenvalue weighted by atomic mass is 10.1. The van der Waals surface area contributed by atoms with Crippen LogP contribution in [0.15, 0.2) is 65.8 Å². The molecule has 0 unspecified atom stereocenters. The maximum atomic E-state index is 12.3. The molecule has 0 saturated heterocycles. The molecule has 0 saturated carbocycles. The topological polar surface area (TPSA) is 88.1 Å². The van der Waals surface area contributed by atoms with E-state index in [1.807, 2.05) is 43.3 Å². The second kappa shape index (κ2) is 10.3. The number of aryl methyl sites for hydroxylation is 1. The predicted molar refractivity (Wildman–Crippen MR) is 114 cm³/mol. The van der Waals surface area contributed by atoms with Crippen LogP contribution in [0.2, 0.25) is 0 Å². The van der Waals surface area contributed by atoms with Crippen LogP contribution in [0.5, 0.6) is 0 Å². The van der Waals surface area contributed by atoms with E-state index < -0.39 is 5.97 Å². The third kappa shape index (κ3) is 6.01. The van der Waals surface area contributed by atoms with Crippen LogP contribution in [0, 0.1) is 0 Å². The zero-order valence-electron chi connectivity index (χ0n) is 16.9. The van der Waals surface area contributed by atoms with Gasteiger partial charge in [0.1, 0.15) is 5.71 Å². The summed E-state index contributed by atoms with van der Waals surface area (Å²) in [5.74, 6) is -1.24. The molecule has 0 fully saturated rings. The number of hydrogen-bond acceptors (Lipinski definition) is 5. The molecule has 0 aromatic heterocycles. The summed E-state index contributed by atoms with van der Waals surface area (Å²) in [6.07, 6.45) is 1.98. The van der Waals surface area contributed by atoms with E-state index in [2.05, 4.69) is 10.4 Å². The number of hydrogen-bond donors (Lipinski definition) is 1. The van der Waals surface area contributed by atoms with Gasteiger partial charge in [-0.3, -0.25) is 9.59 Å².